The number of carboxylic acid groups (broad SMARTS) is 1. The number of amides is 2. The van der Waals surface area contributed by atoms with E-state index in [1.165, 1.54) is 27.0 Å². The highest BCUT2D eigenvalue weighted by Gasteiger charge is 2.35. The molecule has 19 heavy (non-hydrogen) atoms. The van der Waals surface area contributed by atoms with E-state index in [0.717, 1.165) is 17.0 Å². The van der Waals surface area contributed by atoms with E-state index in [9.17, 15) is 18.4 Å². The molecule has 5 nitrogen and oxygen atoms in total. The van der Waals surface area contributed by atoms with Gasteiger partial charge in [-0.3, -0.25) is 0 Å². The van der Waals surface area contributed by atoms with E-state index >= 15 is 0 Å². The maximum atomic E-state index is 13.0. The van der Waals surface area contributed by atoms with Crippen LogP contribution in [0.2, 0.25) is 0 Å². The number of carbonyl (C=O) groups excluding carboxylic acids is 1. The maximum absolute atomic E-state index is 13.0. The van der Waals surface area contributed by atoms with Gasteiger partial charge in [0.15, 0.2) is 11.6 Å². The van der Waals surface area contributed by atoms with Crippen molar-refractivity contribution in [1.29, 1.82) is 0 Å². The van der Waals surface area contributed by atoms with Gasteiger partial charge >= 0.3 is 12.0 Å². The Balaban J connectivity index is 2.85. The number of anilines is 1. The molecule has 0 aliphatic rings. The van der Waals surface area contributed by atoms with E-state index < -0.39 is 29.2 Å². The highest BCUT2D eigenvalue weighted by atomic mass is 19.2. The zero-order chi connectivity index (χ0) is 14.8. The number of nitrogens with one attached hydrogen (secondary N) is 1. The van der Waals surface area contributed by atoms with E-state index in [2.05, 4.69) is 5.32 Å². The van der Waals surface area contributed by atoms with E-state index in [4.69, 9.17) is 5.11 Å². The van der Waals surface area contributed by atoms with Gasteiger partial charge in [-0.05, 0) is 26.0 Å². The van der Waals surface area contributed by atoms with Crippen molar-refractivity contribution in [3.05, 3.63) is 29.8 Å². The van der Waals surface area contributed by atoms with Gasteiger partial charge in [-0.25, -0.2) is 18.4 Å². The maximum Gasteiger partial charge on any atom is 0.329 e. The lowest BCUT2D eigenvalue weighted by atomic mass is 10.1. The quantitative estimate of drug-likeness (QED) is 0.887. The Labute approximate surface area is 108 Å². The molecule has 0 aliphatic carbocycles. The van der Waals surface area contributed by atoms with Gasteiger partial charge in [0.25, 0.3) is 0 Å². The Kier molecular flexibility index (Phi) is 4.08. The van der Waals surface area contributed by atoms with Crippen LogP contribution >= 0.6 is 0 Å². The van der Waals surface area contributed by atoms with Crippen molar-refractivity contribution in [3.8, 4) is 0 Å². The smallest absolute Gasteiger partial charge is 0.329 e. The summed E-state index contributed by atoms with van der Waals surface area (Å²) < 4.78 is 25.7. The van der Waals surface area contributed by atoms with Crippen LogP contribution in [-0.2, 0) is 4.79 Å². The summed E-state index contributed by atoms with van der Waals surface area (Å²) >= 11 is 0. The van der Waals surface area contributed by atoms with Crippen molar-refractivity contribution >= 4 is 17.7 Å². The molecule has 0 heterocycles. The zero-order valence-electron chi connectivity index (χ0n) is 10.7. The Hall–Kier alpha value is -2.18. The third-order valence-corrected chi connectivity index (χ3v) is 2.84. The molecule has 0 aliphatic heterocycles. The fourth-order valence-electron chi connectivity index (χ4n) is 1.18. The first-order valence-electron chi connectivity index (χ1n) is 5.39. The fraction of sp³-hybridized carbons (Fsp3) is 0.333. The number of likely N-dealkylation sites (N-methyl/N-ethyl adjacent to an activating group) is 1. The molecule has 0 bridgehead atoms. The molecule has 0 atom stereocenters. The second kappa shape index (κ2) is 5.21. The highest BCUT2D eigenvalue weighted by molar-refractivity contribution is 5.93. The molecule has 104 valence electrons. The summed E-state index contributed by atoms with van der Waals surface area (Å²) in [6.45, 7) is 2.69. The van der Waals surface area contributed by atoms with Crippen molar-refractivity contribution in [1.82, 2.24) is 4.90 Å². The Bertz CT molecular complexity index is 518. The Morgan fingerprint density at radius 3 is 2.32 bits per heavy atom. The van der Waals surface area contributed by atoms with Crippen molar-refractivity contribution in [3.63, 3.8) is 0 Å². The number of halogens is 2. The predicted molar refractivity (Wildman–Crippen MR) is 64.9 cm³/mol. The van der Waals surface area contributed by atoms with Gasteiger partial charge in [-0.1, -0.05) is 0 Å². The topological polar surface area (TPSA) is 69.6 Å². The molecule has 2 N–H and O–H groups in total. The number of benzene rings is 1. The van der Waals surface area contributed by atoms with Gasteiger partial charge in [-0.15, -0.1) is 0 Å². The second-order valence-electron chi connectivity index (χ2n) is 4.48. The molecule has 7 heteroatoms. The highest BCUT2D eigenvalue weighted by Crippen LogP contribution is 2.17. The average Bonchev–Trinajstić information content (AvgIpc) is 2.32. The summed E-state index contributed by atoms with van der Waals surface area (Å²) in [5, 5.41) is 11.3. The number of hydrogen-bond donors (Lipinski definition) is 2. The summed E-state index contributed by atoms with van der Waals surface area (Å²) in [4.78, 5) is 23.7. The van der Waals surface area contributed by atoms with Crippen LogP contribution in [-0.4, -0.2) is 34.6 Å². The molecule has 0 unspecified atom stereocenters. The van der Waals surface area contributed by atoms with Gasteiger partial charge < -0.3 is 15.3 Å². The van der Waals surface area contributed by atoms with Crippen LogP contribution in [0.4, 0.5) is 19.3 Å². The average molecular weight is 272 g/mol. The summed E-state index contributed by atoms with van der Waals surface area (Å²) in [5.74, 6) is -3.31. The minimum absolute atomic E-state index is 0.0388. The Morgan fingerprint density at radius 2 is 1.84 bits per heavy atom. The molecule has 0 radical (unpaired) electrons. The zero-order valence-corrected chi connectivity index (χ0v) is 10.7. The van der Waals surface area contributed by atoms with Crippen LogP contribution < -0.4 is 5.32 Å². The largest absolute Gasteiger partial charge is 0.480 e. The number of urea groups is 1. The van der Waals surface area contributed by atoms with Gasteiger partial charge in [0.05, 0.1) is 0 Å². The van der Waals surface area contributed by atoms with Gasteiger partial charge in [-0.2, -0.15) is 0 Å². The molecular weight excluding hydrogens is 258 g/mol. The van der Waals surface area contributed by atoms with E-state index in [-0.39, 0.29) is 5.69 Å². The number of carbonyl (C=O) groups is 2. The molecule has 1 aromatic carbocycles. The Morgan fingerprint density at radius 1 is 1.26 bits per heavy atom. The number of carboxylic acids is 1. The summed E-state index contributed by atoms with van der Waals surface area (Å²) in [5.41, 5.74) is -1.39. The number of hydrogen-bond acceptors (Lipinski definition) is 2. The van der Waals surface area contributed by atoms with Crippen LogP contribution in [0, 0.1) is 11.6 Å². The standard InChI is InChI=1S/C12H14F2N2O3/c1-12(2,10(17)18)16(3)11(19)15-7-4-5-8(13)9(14)6-7/h4-6H,1-3H3,(H,15,19)(H,17,18). The third kappa shape index (κ3) is 3.18. The monoisotopic (exact) mass is 272 g/mol. The number of aliphatic carboxylic acids is 1. The fourth-order valence-corrected chi connectivity index (χ4v) is 1.18. The van der Waals surface area contributed by atoms with E-state index in [1.54, 1.807) is 0 Å². The molecule has 2 amide bonds. The predicted octanol–water partition coefficient (Wildman–Crippen LogP) is 2.29. The van der Waals surface area contributed by atoms with Crippen molar-refractivity contribution in [2.45, 2.75) is 19.4 Å². The number of rotatable bonds is 3. The molecule has 0 aromatic heterocycles. The van der Waals surface area contributed by atoms with Crippen LogP contribution in [0.1, 0.15) is 13.8 Å². The van der Waals surface area contributed by atoms with Crippen LogP contribution in [0.15, 0.2) is 18.2 Å². The van der Waals surface area contributed by atoms with E-state index in [0.29, 0.717) is 0 Å². The number of nitrogens with zero attached hydrogens (tertiary/aromatic N) is 1. The minimum Gasteiger partial charge on any atom is -0.480 e. The molecule has 0 saturated carbocycles. The lowest BCUT2D eigenvalue weighted by Gasteiger charge is -2.31. The van der Waals surface area contributed by atoms with Crippen molar-refractivity contribution in [2.75, 3.05) is 12.4 Å². The molecule has 1 aromatic rings. The normalized spacial score (nSPS) is 11.0. The van der Waals surface area contributed by atoms with Gasteiger partial charge in [0.2, 0.25) is 0 Å². The third-order valence-electron chi connectivity index (χ3n) is 2.84. The lowest BCUT2D eigenvalue weighted by molar-refractivity contribution is -0.146. The second-order valence-corrected chi connectivity index (χ2v) is 4.48. The van der Waals surface area contributed by atoms with E-state index in [1.807, 2.05) is 0 Å². The molecule has 0 saturated heterocycles. The van der Waals surface area contributed by atoms with Crippen LogP contribution in [0.3, 0.4) is 0 Å². The van der Waals surface area contributed by atoms with Gasteiger partial charge in [0, 0.05) is 18.8 Å². The first kappa shape index (κ1) is 14.9. The first-order valence-corrected chi connectivity index (χ1v) is 5.39. The summed E-state index contributed by atoms with van der Waals surface area (Å²) in [6, 6.07) is 2.12. The first-order chi connectivity index (χ1) is 8.66. The van der Waals surface area contributed by atoms with Crippen LogP contribution in [0.5, 0.6) is 0 Å². The molecule has 0 fully saturated rings. The van der Waals surface area contributed by atoms with Gasteiger partial charge in [0.1, 0.15) is 5.54 Å². The molecular formula is C12H14F2N2O3. The molecule has 1 rings (SSSR count). The van der Waals surface area contributed by atoms with Crippen LogP contribution in [0.25, 0.3) is 0 Å². The van der Waals surface area contributed by atoms with Crippen molar-refractivity contribution in [2.24, 2.45) is 0 Å². The lowest BCUT2D eigenvalue weighted by Crippen LogP contribution is -2.52. The summed E-state index contributed by atoms with van der Waals surface area (Å²) in [6.07, 6.45) is 0. The molecule has 0 spiro atoms. The van der Waals surface area contributed by atoms with Crippen molar-refractivity contribution < 1.29 is 23.5 Å². The minimum atomic E-state index is -1.43. The SMILES string of the molecule is CN(C(=O)Nc1ccc(F)c(F)c1)C(C)(C)C(=O)O. The summed E-state index contributed by atoms with van der Waals surface area (Å²) in [7, 11) is 1.29.